The third kappa shape index (κ3) is 5.25. The minimum absolute atomic E-state index is 0.227. The zero-order valence-electron chi connectivity index (χ0n) is 10.5. The number of esters is 1. The van der Waals surface area contributed by atoms with Gasteiger partial charge in [0.25, 0.3) is 10.1 Å². The van der Waals surface area contributed by atoms with Crippen molar-refractivity contribution in [2.75, 3.05) is 19.5 Å². The van der Waals surface area contributed by atoms with Crippen molar-refractivity contribution in [3.63, 3.8) is 0 Å². The smallest absolute Gasteiger partial charge is 0.339 e. The molecule has 0 amide bonds. The number of primary sulfonamides is 1. The van der Waals surface area contributed by atoms with Crippen molar-refractivity contribution in [3.05, 3.63) is 29.8 Å². The van der Waals surface area contributed by atoms with Crippen molar-refractivity contribution in [3.8, 4) is 0 Å². The summed E-state index contributed by atoms with van der Waals surface area (Å²) in [6.45, 7) is -0.701. The van der Waals surface area contributed by atoms with Crippen LogP contribution in [0.5, 0.6) is 0 Å². The molecular weight excluding hydrogens is 310 g/mol. The van der Waals surface area contributed by atoms with Crippen molar-refractivity contribution < 1.29 is 30.6 Å². The van der Waals surface area contributed by atoms with Gasteiger partial charge in [-0.3, -0.25) is 4.18 Å². The topological polar surface area (TPSA) is 130 Å². The van der Waals surface area contributed by atoms with E-state index in [1.807, 2.05) is 0 Å². The fourth-order valence-electron chi connectivity index (χ4n) is 1.28. The molecule has 0 spiro atoms. The minimum Gasteiger partial charge on any atom is -0.460 e. The van der Waals surface area contributed by atoms with E-state index < -0.39 is 26.1 Å². The molecule has 0 saturated heterocycles. The first kappa shape index (κ1) is 16.6. The molecule has 0 fully saturated rings. The first-order valence-corrected chi connectivity index (χ1v) is 8.61. The van der Waals surface area contributed by atoms with E-state index in [1.54, 1.807) is 0 Å². The maximum atomic E-state index is 11.7. The molecule has 0 unspecified atom stereocenters. The highest BCUT2D eigenvalue weighted by molar-refractivity contribution is 7.89. The summed E-state index contributed by atoms with van der Waals surface area (Å²) in [6, 6.07) is 5.25. The van der Waals surface area contributed by atoms with E-state index >= 15 is 0 Å². The predicted octanol–water partition coefficient (Wildman–Crippen LogP) is -0.533. The van der Waals surface area contributed by atoms with Crippen LogP contribution in [0.1, 0.15) is 10.4 Å². The maximum Gasteiger partial charge on any atom is 0.339 e. The molecule has 0 aliphatic carbocycles. The van der Waals surface area contributed by atoms with E-state index in [1.165, 1.54) is 24.3 Å². The molecule has 10 heteroatoms. The molecule has 112 valence electrons. The highest BCUT2D eigenvalue weighted by atomic mass is 32.2. The van der Waals surface area contributed by atoms with Gasteiger partial charge in [-0.25, -0.2) is 18.4 Å². The Bertz CT molecular complexity index is 694. The number of sulfonamides is 1. The van der Waals surface area contributed by atoms with Crippen LogP contribution < -0.4 is 5.14 Å². The van der Waals surface area contributed by atoms with Gasteiger partial charge in [0.1, 0.15) is 13.2 Å². The van der Waals surface area contributed by atoms with E-state index in [0.29, 0.717) is 0 Å². The molecule has 1 rings (SSSR count). The third-order valence-electron chi connectivity index (χ3n) is 2.03. The molecule has 0 heterocycles. The van der Waals surface area contributed by atoms with Crippen molar-refractivity contribution in [1.82, 2.24) is 0 Å². The lowest BCUT2D eigenvalue weighted by atomic mass is 10.2. The fourth-order valence-corrected chi connectivity index (χ4v) is 2.38. The molecule has 0 radical (unpaired) electrons. The van der Waals surface area contributed by atoms with Crippen LogP contribution in [0, 0.1) is 0 Å². The quantitative estimate of drug-likeness (QED) is 0.423. The van der Waals surface area contributed by atoms with Gasteiger partial charge in [0.2, 0.25) is 10.0 Å². The van der Waals surface area contributed by atoms with Crippen LogP contribution in [0.3, 0.4) is 0 Å². The van der Waals surface area contributed by atoms with Crippen LogP contribution in [-0.2, 0) is 29.1 Å². The Morgan fingerprint density at radius 2 is 1.75 bits per heavy atom. The summed E-state index contributed by atoms with van der Waals surface area (Å²) in [7, 11) is -7.69. The van der Waals surface area contributed by atoms with Crippen molar-refractivity contribution >= 4 is 26.1 Å². The minimum atomic E-state index is -4.06. The molecule has 2 N–H and O–H groups in total. The van der Waals surface area contributed by atoms with Gasteiger partial charge in [-0.05, 0) is 12.1 Å². The first-order valence-electron chi connectivity index (χ1n) is 5.24. The van der Waals surface area contributed by atoms with Gasteiger partial charge in [0.15, 0.2) is 0 Å². The van der Waals surface area contributed by atoms with Crippen LogP contribution >= 0.6 is 0 Å². The number of rotatable bonds is 6. The Morgan fingerprint density at radius 3 is 2.30 bits per heavy atom. The maximum absolute atomic E-state index is 11.7. The Hall–Kier alpha value is -1.49. The number of carbonyl (C=O) groups is 1. The van der Waals surface area contributed by atoms with E-state index in [2.05, 4.69) is 4.18 Å². The summed E-state index contributed by atoms with van der Waals surface area (Å²) in [5.74, 6) is -0.938. The fraction of sp³-hybridized carbons (Fsp3) is 0.300. The summed E-state index contributed by atoms with van der Waals surface area (Å²) in [5.41, 5.74) is -0.227. The highest BCUT2D eigenvalue weighted by Gasteiger charge is 2.19. The van der Waals surface area contributed by atoms with Gasteiger partial charge in [0.05, 0.1) is 16.7 Å². The lowest BCUT2D eigenvalue weighted by molar-refractivity contribution is 0.0449. The zero-order chi connectivity index (χ0) is 15.4. The average molecular weight is 323 g/mol. The van der Waals surface area contributed by atoms with Crippen molar-refractivity contribution in [2.24, 2.45) is 5.14 Å². The van der Waals surface area contributed by atoms with Gasteiger partial charge in [-0.1, -0.05) is 12.1 Å². The molecular formula is C10H13NO7S2. The lowest BCUT2D eigenvalue weighted by Gasteiger charge is -2.08. The summed E-state index contributed by atoms with van der Waals surface area (Å²) in [4.78, 5) is 11.3. The zero-order valence-corrected chi connectivity index (χ0v) is 12.1. The van der Waals surface area contributed by atoms with Crippen LogP contribution in [0.4, 0.5) is 0 Å². The second kappa shape index (κ2) is 6.31. The van der Waals surface area contributed by atoms with Crippen molar-refractivity contribution in [1.29, 1.82) is 0 Å². The van der Waals surface area contributed by atoms with E-state index in [9.17, 15) is 21.6 Å². The molecule has 8 nitrogen and oxygen atoms in total. The standard InChI is InChI=1S/C10H13NO7S2/c1-19(13,14)18-7-6-17-10(12)8-4-2-3-5-9(8)20(11,15)16/h2-5H,6-7H2,1H3,(H2,11,15,16). The van der Waals surface area contributed by atoms with E-state index in [-0.39, 0.29) is 23.7 Å². The van der Waals surface area contributed by atoms with Gasteiger partial charge in [-0.2, -0.15) is 8.42 Å². The summed E-state index contributed by atoms with van der Waals surface area (Å²) in [6.07, 6.45) is 0.852. The van der Waals surface area contributed by atoms with Crippen LogP contribution in [-0.4, -0.2) is 42.3 Å². The molecule has 0 bridgehead atoms. The average Bonchev–Trinajstić information content (AvgIpc) is 2.32. The summed E-state index contributed by atoms with van der Waals surface area (Å²) in [5, 5.41) is 4.97. The number of carbonyl (C=O) groups excluding carboxylic acids is 1. The largest absolute Gasteiger partial charge is 0.460 e. The van der Waals surface area contributed by atoms with Gasteiger partial charge in [-0.15, -0.1) is 0 Å². The van der Waals surface area contributed by atoms with Crippen LogP contribution in [0.2, 0.25) is 0 Å². The molecule has 1 aromatic rings. The Kier molecular flexibility index (Phi) is 5.22. The Labute approximate surface area is 116 Å². The Balaban J connectivity index is 2.75. The van der Waals surface area contributed by atoms with Gasteiger partial charge < -0.3 is 4.74 Å². The van der Waals surface area contributed by atoms with Crippen LogP contribution in [0.25, 0.3) is 0 Å². The molecule has 0 saturated carbocycles. The molecule has 0 aliphatic rings. The van der Waals surface area contributed by atoms with Crippen molar-refractivity contribution in [2.45, 2.75) is 4.90 Å². The summed E-state index contributed by atoms with van der Waals surface area (Å²) < 4.78 is 53.0. The van der Waals surface area contributed by atoms with Gasteiger partial charge in [0, 0.05) is 0 Å². The SMILES string of the molecule is CS(=O)(=O)OCCOC(=O)c1ccccc1S(N)(=O)=O. The molecule has 20 heavy (non-hydrogen) atoms. The molecule has 0 aromatic heterocycles. The number of nitrogens with two attached hydrogens (primary N) is 1. The van der Waals surface area contributed by atoms with E-state index in [0.717, 1.165) is 6.26 Å². The number of hydrogen-bond acceptors (Lipinski definition) is 7. The number of benzene rings is 1. The predicted molar refractivity (Wildman–Crippen MR) is 68.9 cm³/mol. The third-order valence-corrected chi connectivity index (χ3v) is 3.59. The lowest BCUT2D eigenvalue weighted by Crippen LogP contribution is -2.19. The first-order chi connectivity index (χ1) is 9.11. The molecule has 0 atom stereocenters. The Morgan fingerprint density at radius 1 is 1.15 bits per heavy atom. The monoisotopic (exact) mass is 323 g/mol. The van der Waals surface area contributed by atoms with Crippen LogP contribution in [0.15, 0.2) is 29.2 Å². The normalized spacial score (nSPS) is 12.1. The second-order valence-corrected chi connectivity index (χ2v) is 6.88. The highest BCUT2D eigenvalue weighted by Crippen LogP contribution is 2.14. The van der Waals surface area contributed by atoms with Gasteiger partial charge >= 0.3 is 5.97 Å². The second-order valence-electron chi connectivity index (χ2n) is 3.70. The van der Waals surface area contributed by atoms with E-state index in [4.69, 9.17) is 9.88 Å². The summed E-state index contributed by atoms with van der Waals surface area (Å²) >= 11 is 0. The molecule has 0 aliphatic heterocycles. The number of ether oxygens (including phenoxy) is 1. The number of hydrogen-bond donors (Lipinski definition) is 1. The molecule has 1 aromatic carbocycles.